The Hall–Kier alpha value is -0.720. The van der Waals surface area contributed by atoms with E-state index >= 15 is 0 Å². The van der Waals surface area contributed by atoms with E-state index in [0.717, 1.165) is 6.42 Å². The first-order valence-corrected chi connectivity index (χ1v) is 7.01. The lowest BCUT2D eigenvalue weighted by atomic mass is 10.0. The maximum Gasteiger partial charge on any atom is 0.190 e. The van der Waals surface area contributed by atoms with Crippen molar-refractivity contribution in [2.45, 2.75) is 63.2 Å². The lowest BCUT2D eigenvalue weighted by molar-refractivity contribution is -0.229. The van der Waals surface area contributed by atoms with Gasteiger partial charge in [0.1, 0.15) is 18.3 Å². The highest BCUT2D eigenvalue weighted by atomic mass is 16.8. The average Bonchev–Trinajstić information content (AvgIpc) is 2.85. The second kappa shape index (κ2) is 6.37. The summed E-state index contributed by atoms with van der Waals surface area (Å²) in [4.78, 5) is 0. The Labute approximate surface area is 120 Å². The monoisotopic (exact) mass is 284 g/mol. The van der Waals surface area contributed by atoms with Crippen LogP contribution in [0.15, 0.2) is 25.3 Å². The molecule has 0 saturated carbocycles. The van der Waals surface area contributed by atoms with Crippen LogP contribution in [0.25, 0.3) is 0 Å². The van der Waals surface area contributed by atoms with Gasteiger partial charge in [0.25, 0.3) is 0 Å². The van der Waals surface area contributed by atoms with E-state index < -0.39 is 24.3 Å². The molecule has 1 N–H and O–H groups in total. The Morgan fingerprint density at radius 1 is 1.30 bits per heavy atom. The van der Waals surface area contributed by atoms with Gasteiger partial charge in [-0.1, -0.05) is 12.2 Å². The molecule has 2 aliphatic heterocycles. The molecule has 0 amide bonds. The summed E-state index contributed by atoms with van der Waals surface area (Å²) in [6.45, 7) is 11.4. The van der Waals surface area contributed by atoms with Crippen LogP contribution in [0.4, 0.5) is 0 Å². The molecular weight excluding hydrogens is 260 g/mol. The van der Waals surface area contributed by atoms with Gasteiger partial charge in [0, 0.05) is 0 Å². The third kappa shape index (κ3) is 3.30. The van der Waals surface area contributed by atoms with Crippen molar-refractivity contribution in [3.05, 3.63) is 25.3 Å². The highest BCUT2D eigenvalue weighted by Crippen LogP contribution is 2.40. The molecule has 0 bridgehead atoms. The fraction of sp³-hybridized carbons (Fsp3) is 0.733. The predicted molar refractivity (Wildman–Crippen MR) is 74.1 cm³/mol. The zero-order valence-electron chi connectivity index (χ0n) is 12.2. The summed E-state index contributed by atoms with van der Waals surface area (Å²) in [5.74, 6) is -0.692. The zero-order chi connectivity index (χ0) is 14.8. The first-order chi connectivity index (χ1) is 9.48. The van der Waals surface area contributed by atoms with Crippen molar-refractivity contribution in [1.82, 2.24) is 0 Å². The standard InChI is InChI=1S/C15H24O5/c1-5-7-8-10(16)11-12(17-9-6-2)13-14(18-11)20-15(3,4)19-13/h5-6,10-14,16H,1-2,7-9H2,3-4H3/t10-,11-,12+,13-,14-/m1/s1. The molecule has 5 nitrogen and oxygen atoms in total. The number of allylic oxidation sites excluding steroid dienone is 1. The van der Waals surface area contributed by atoms with Gasteiger partial charge < -0.3 is 24.1 Å². The Balaban J connectivity index is 2.05. The molecular formula is C15H24O5. The molecule has 0 spiro atoms. The van der Waals surface area contributed by atoms with Crippen LogP contribution >= 0.6 is 0 Å². The van der Waals surface area contributed by atoms with Crippen LogP contribution in [0, 0.1) is 0 Å². The van der Waals surface area contributed by atoms with Crippen LogP contribution in [-0.2, 0) is 18.9 Å². The van der Waals surface area contributed by atoms with Gasteiger partial charge in [0.15, 0.2) is 12.1 Å². The topological polar surface area (TPSA) is 57.2 Å². The number of hydrogen-bond donors (Lipinski definition) is 1. The molecule has 2 fully saturated rings. The largest absolute Gasteiger partial charge is 0.390 e. The van der Waals surface area contributed by atoms with Gasteiger partial charge in [0.05, 0.1) is 12.7 Å². The zero-order valence-corrected chi connectivity index (χ0v) is 12.2. The van der Waals surface area contributed by atoms with Crippen molar-refractivity contribution in [2.75, 3.05) is 6.61 Å². The molecule has 0 aliphatic carbocycles. The van der Waals surface area contributed by atoms with Gasteiger partial charge in [0.2, 0.25) is 0 Å². The van der Waals surface area contributed by atoms with Gasteiger partial charge in [-0.15, -0.1) is 13.2 Å². The fourth-order valence-corrected chi connectivity index (χ4v) is 2.64. The van der Waals surface area contributed by atoms with Crippen LogP contribution in [0.2, 0.25) is 0 Å². The molecule has 0 aromatic carbocycles. The van der Waals surface area contributed by atoms with Crippen molar-refractivity contribution in [3.63, 3.8) is 0 Å². The van der Waals surface area contributed by atoms with Crippen molar-refractivity contribution in [3.8, 4) is 0 Å². The van der Waals surface area contributed by atoms with Crippen molar-refractivity contribution < 1.29 is 24.1 Å². The first-order valence-electron chi connectivity index (χ1n) is 7.01. The summed E-state index contributed by atoms with van der Waals surface area (Å²) >= 11 is 0. The predicted octanol–water partition coefficient (Wildman–Crippen LogP) is 1.76. The average molecular weight is 284 g/mol. The number of ether oxygens (including phenoxy) is 4. The van der Waals surface area contributed by atoms with Crippen LogP contribution in [-0.4, -0.2) is 48.2 Å². The number of aliphatic hydroxyl groups is 1. The summed E-state index contributed by atoms with van der Waals surface area (Å²) in [6.07, 6.45) is 2.46. The SMILES string of the molecule is C=CCC[C@@H](O)[C@H]1O[C@@H]2OC(C)(C)O[C@@H]2[C@H]1OCC=C. The Morgan fingerprint density at radius 3 is 2.70 bits per heavy atom. The smallest absolute Gasteiger partial charge is 0.190 e. The van der Waals surface area contributed by atoms with E-state index in [9.17, 15) is 5.11 Å². The Bertz CT molecular complexity index is 354. The second-order valence-electron chi connectivity index (χ2n) is 5.59. The lowest BCUT2D eigenvalue weighted by Gasteiger charge is -2.28. The number of hydrogen-bond acceptors (Lipinski definition) is 5. The van der Waals surface area contributed by atoms with Gasteiger partial charge in [-0.05, 0) is 26.7 Å². The summed E-state index contributed by atoms with van der Waals surface area (Å²) in [5.41, 5.74) is 0. The van der Waals surface area contributed by atoms with E-state index in [2.05, 4.69) is 13.2 Å². The number of fused-ring (bicyclic) bond motifs is 1. The first kappa shape index (κ1) is 15.7. The molecule has 2 heterocycles. The Morgan fingerprint density at radius 2 is 2.05 bits per heavy atom. The minimum atomic E-state index is -0.692. The molecule has 0 aromatic heterocycles. The highest BCUT2D eigenvalue weighted by molar-refractivity contribution is 4.97. The van der Waals surface area contributed by atoms with Crippen LogP contribution in [0.1, 0.15) is 26.7 Å². The van der Waals surface area contributed by atoms with Crippen molar-refractivity contribution in [2.24, 2.45) is 0 Å². The van der Waals surface area contributed by atoms with E-state index in [0.29, 0.717) is 13.0 Å². The maximum atomic E-state index is 10.2. The van der Waals surface area contributed by atoms with Gasteiger partial charge in [-0.3, -0.25) is 0 Å². The number of aliphatic hydroxyl groups excluding tert-OH is 1. The van der Waals surface area contributed by atoms with Gasteiger partial charge in [-0.2, -0.15) is 0 Å². The second-order valence-corrected chi connectivity index (χ2v) is 5.59. The minimum Gasteiger partial charge on any atom is -0.390 e. The van der Waals surface area contributed by atoms with Crippen LogP contribution < -0.4 is 0 Å². The summed E-state index contributed by atoms with van der Waals surface area (Å²) < 4.78 is 23.1. The summed E-state index contributed by atoms with van der Waals surface area (Å²) in [6, 6.07) is 0. The van der Waals surface area contributed by atoms with E-state index in [1.165, 1.54) is 0 Å². The van der Waals surface area contributed by atoms with Gasteiger partial charge >= 0.3 is 0 Å². The molecule has 114 valence electrons. The van der Waals surface area contributed by atoms with E-state index in [4.69, 9.17) is 18.9 Å². The third-order valence-electron chi connectivity index (χ3n) is 3.48. The van der Waals surface area contributed by atoms with Gasteiger partial charge in [-0.25, -0.2) is 0 Å². The van der Waals surface area contributed by atoms with Crippen molar-refractivity contribution in [1.29, 1.82) is 0 Å². The van der Waals surface area contributed by atoms with E-state index in [1.807, 2.05) is 13.8 Å². The molecule has 0 aromatic rings. The minimum absolute atomic E-state index is 0.326. The third-order valence-corrected chi connectivity index (χ3v) is 3.48. The lowest BCUT2D eigenvalue weighted by Crippen LogP contribution is -2.42. The molecule has 20 heavy (non-hydrogen) atoms. The van der Waals surface area contributed by atoms with Crippen LogP contribution in [0.5, 0.6) is 0 Å². The van der Waals surface area contributed by atoms with Crippen LogP contribution in [0.3, 0.4) is 0 Å². The molecule has 5 heteroatoms. The summed E-state index contributed by atoms with van der Waals surface area (Å²) in [7, 11) is 0. The maximum absolute atomic E-state index is 10.2. The quantitative estimate of drug-likeness (QED) is 0.722. The fourth-order valence-electron chi connectivity index (χ4n) is 2.64. The van der Waals surface area contributed by atoms with E-state index in [-0.39, 0.29) is 12.2 Å². The molecule has 5 atom stereocenters. The highest BCUT2D eigenvalue weighted by Gasteiger charge is 2.56. The molecule has 0 radical (unpaired) electrons. The van der Waals surface area contributed by atoms with Crippen molar-refractivity contribution >= 4 is 0 Å². The van der Waals surface area contributed by atoms with E-state index in [1.54, 1.807) is 12.2 Å². The molecule has 2 saturated heterocycles. The normalized spacial score (nSPS) is 36.5. The molecule has 2 aliphatic rings. The summed E-state index contributed by atoms with van der Waals surface area (Å²) in [5, 5.41) is 10.2. The number of rotatable bonds is 7. The molecule has 0 unspecified atom stereocenters. The Kier molecular flexibility index (Phi) is 4.99. The molecule has 2 rings (SSSR count).